The number of aryl methyl sites for hydroxylation is 1. The van der Waals surface area contributed by atoms with Gasteiger partial charge < -0.3 is 10.6 Å². The number of fused-ring (bicyclic) bond motifs is 1. The van der Waals surface area contributed by atoms with Gasteiger partial charge in [0.2, 0.25) is 5.91 Å². The van der Waals surface area contributed by atoms with Crippen LogP contribution in [0.5, 0.6) is 0 Å². The second-order valence-electron chi connectivity index (χ2n) is 8.94. The van der Waals surface area contributed by atoms with Gasteiger partial charge in [-0.05, 0) is 48.9 Å². The van der Waals surface area contributed by atoms with Crippen molar-refractivity contribution >= 4 is 44.7 Å². The molecule has 170 valence electrons. The molecule has 0 unspecified atom stereocenters. The molecule has 0 atom stereocenters. The molecule has 4 rings (SSSR count). The standard InChI is InChI=1S/C25H25FN4O2S/c1-15-20-13-21(33-23(20)30(29-15)14-16-8-10-17(26)11-9-16)22(31)27-18-6-5-7-19(12-18)28-24(32)25(2,3)4/h5-13H,14H2,1-4H3,(H,27,31)(H,28,32). The number of rotatable bonds is 5. The highest BCUT2D eigenvalue weighted by Crippen LogP contribution is 2.30. The zero-order valence-electron chi connectivity index (χ0n) is 18.9. The molecule has 2 aromatic carbocycles. The van der Waals surface area contributed by atoms with Crippen LogP contribution >= 0.6 is 11.3 Å². The molecule has 0 fully saturated rings. The highest BCUT2D eigenvalue weighted by molar-refractivity contribution is 7.20. The predicted octanol–water partition coefficient (Wildman–Crippen LogP) is 5.83. The van der Waals surface area contributed by atoms with Crippen LogP contribution in [0.2, 0.25) is 0 Å². The Morgan fingerprint density at radius 2 is 1.70 bits per heavy atom. The van der Waals surface area contributed by atoms with E-state index in [2.05, 4.69) is 15.7 Å². The number of hydrogen-bond acceptors (Lipinski definition) is 4. The van der Waals surface area contributed by atoms with Gasteiger partial charge in [-0.1, -0.05) is 39.0 Å². The Balaban J connectivity index is 1.52. The number of carbonyl (C=O) groups excluding carboxylic acids is 2. The Hall–Kier alpha value is -3.52. The van der Waals surface area contributed by atoms with Crippen LogP contribution in [0, 0.1) is 18.2 Å². The minimum Gasteiger partial charge on any atom is -0.326 e. The van der Waals surface area contributed by atoms with Gasteiger partial charge in [-0.2, -0.15) is 5.10 Å². The second-order valence-corrected chi connectivity index (χ2v) is 9.97. The average molecular weight is 465 g/mol. The molecule has 0 spiro atoms. The molecule has 6 nitrogen and oxygen atoms in total. The van der Waals surface area contributed by atoms with Gasteiger partial charge in [0.15, 0.2) is 0 Å². The largest absolute Gasteiger partial charge is 0.326 e. The van der Waals surface area contributed by atoms with Crippen molar-refractivity contribution < 1.29 is 14.0 Å². The molecule has 0 aliphatic rings. The molecule has 2 N–H and O–H groups in total. The molecule has 8 heteroatoms. The van der Waals surface area contributed by atoms with Crippen LogP contribution < -0.4 is 10.6 Å². The molecule has 4 aromatic rings. The summed E-state index contributed by atoms with van der Waals surface area (Å²) in [6.45, 7) is 7.92. The van der Waals surface area contributed by atoms with Crippen LogP contribution in [-0.4, -0.2) is 21.6 Å². The van der Waals surface area contributed by atoms with E-state index in [9.17, 15) is 14.0 Å². The lowest BCUT2D eigenvalue weighted by Crippen LogP contribution is -2.27. The van der Waals surface area contributed by atoms with Gasteiger partial charge in [0, 0.05) is 22.2 Å². The molecule has 0 aliphatic heterocycles. The van der Waals surface area contributed by atoms with Gasteiger partial charge in [-0.15, -0.1) is 11.3 Å². The number of benzene rings is 2. The number of anilines is 2. The van der Waals surface area contributed by atoms with Gasteiger partial charge >= 0.3 is 0 Å². The molecule has 0 aliphatic carbocycles. The van der Waals surface area contributed by atoms with Crippen molar-refractivity contribution in [1.82, 2.24) is 9.78 Å². The highest BCUT2D eigenvalue weighted by Gasteiger charge is 2.21. The van der Waals surface area contributed by atoms with Crippen molar-refractivity contribution in [3.63, 3.8) is 0 Å². The summed E-state index contributed by atoms with van der Waals surface area (Å²) < 4.78 is 15.0. The van der Waals surface area contributed by atoms with Gasteiger partial charge in [0.25, 0.3) is 5.91 Å². The quantitative estimate of drug-likeness (QED) is 0.390. The Morgan fingerprint density at radius 3 is 2.36 bits per heavy atom. The molecule has 2 heterocycles. The molecule has 2 amide bonds. The minimum absolute atomic E-state index is 0.100. The Labute approximate surface area is 195 Å². The van der Waals surface area contributed by atoms with Crippen LogP contribution in [0.4, 0.5) is 15.8 Å². The molecular formula is C25H25FN4O2S. The first kappa shape index (κ1) is 22.7. The summed E-state index contributed by atoms with van der Waals surface area (Å²) >= 11 is 1.36. The van der Waals surface area contributed by atoms with Crippen molar-refractivity contribution in [1.29, 1.82) is 0 Å². The summed E-state index contributed by atoms with van der Waals surface area (Å²) in [5.74, 6) is -0.613. The average Bonchev–Trinajstić information content (AvgIpc) is 3.31. The zero-order valence-corrected chi connectivity index (χ0v) is 19.7. The van der Waals surface area contributed by atoms with Crippen LogP contribution in [0.1, 0.15) is 41.7 Å². The fraction of sp³-hybridized carbons (Fsp3) is 0.240. The fourth-order valence-electron chi connectivity index (χ4n) is 3.28. The third-order valence-corrected chi connectivity index (χ3v) is 6.28. The van der Waals surface area contributed by atoms with Crippen molar-refractivity contribution in [3.05, 3.63) is 76.5 Å². The molecule has 0 bridgehead atoms. The number of aromatic nitrogens is 2. The monoisotopic (exact) mass is 464 g/mol. The SMILES string of the molecule is Cc1nn(Cc2ccc(F)cc2)c2sc(C(=O)Nc3cccc(NC(=O)C(C)(C)C)c3)cc12. The lowest BCUT2D eigenvalue weighted by Gasteiger charge is -2.18. The van der Waals surface area contributed by atoms with E-state index in [1.54, 1.807) is 36.4 Å². The lowest BCUT2D eigenvalue weighted by atomic mass is 9.95. The first-order valence-corrected chi connectivity index (χ1v) is 11.4. The summed E-state index contributed by atoms with van der Waals surface area (Å²) in [7, 11) is 0. The summed E-state index contributed by atoms with van der Waals surface area (Å²) in [6, 6.07) is 15.2. The van der Waals surface area contributed by atoms with Crippen LogP contribution in [0.3, 0.4) is 0 Å². The summed E-state index contributed by atoms with van der Waals surface area (Å²) in [5.41, 5.74) is 2.45. The number of hydrogen-bond donors (Lipinski definition) is 2. The Bertz CT molecular complexity index is 1330. The van der Waals surface area contributed by atoms with Crippen molar-refractivity contribution in [2.24, 2.45) is 5.41 Å². The highest BCUT2D eigenvalue weighted by atomic mass is 32.1. The number of halogens is 1. The molecule has 0 saturated heterocycles. The maximum absolute atomic E-state index is 13.2. The first-order valence-electron chi connectivity index (χ1n) is 10.5. The Kier molecular flexibility index (Phi) is 6.03. The van der Waals surface area contributed by atoms with E-state index in [1.165, 1.54) is 23.5 Å². The maximum atomic E-state index is 13.2. The van der Waals surface area contributed by atoms with Gasteiger partial charge in [-0.3, -0.25) is 14.3 Å². The second kappa shape index (κ2) is 8.78. The summed E-state index contributed by atoms with van der Waals surface area (Å²) in [6.07, 6.45) is 0. The lowest BCUT2D eigenvalue weighted by molar-refractivity contribution is -0.123. The number of nitrogens with zero attached hydrogens (tertiary/aromatic N) is 2. The van der Waals surface area contributed by atoms with Crippen LogP contribution in [-0.2, 0) is 11.3 Å². The predicted molar refractivity (Wildman–Crippen MR) is 130 cm³/mol. The van der Waals surface area contributed by atoms with Gasteiger partial charge in [0.05, 0.1) is 17.1 Å². The van der Waals surface area contributed by atoms with E-state index in [0.29, 0.717) is 22.8 Å². The Morgan fingerprint density at radius 1 is 1.03 bits per heavy atom. The number of nitrogens with one attached hydrogen (secondary N) is 2. The van der Waals surface area contributed by atoms with Crippen molar-refractivity contribution in [3.8, 4) is 0 Å². The van der Waals surface area contributed by atoms with E-state index < -0.39 is 5.41 Å². The number of carbonyl (C=O) groups is 2. The van der Waals surface area contributed by atoms with E-state index in [-0.39, 0.29) is 17.6 Å². The van der Waals surface area contributed by atoms with Gasteiger partial charge in [-0.25, -0.2) is 4.39 Å². The van der Waals surface area contributed by atoms with Crippen molar-refractivity contribution in [2.75, 3.05) is 10.6 Å². The number of thiophene rings is 1. The minimum atomic E-state index is -0.518. The summed E-state index contributed by atoms with van der Waals surface area (Å²) in [5, 5.41) is 11.3. The maximum Gasteiger partial charge on any atom is 0.265 e. The zero-order chi connectivity index (χ0) is 23.8. The van der Waals surface area contributed by atoms with E-state index in [4.69, 9.17) is 0 Å². The molecule has 33 heavy (non-hydrogen) atoms. The van der Waals surface area contributed by atoms with E-state index in [1.807, 2.05) is 38.4 Å². The van der Waals surface area contributed by atoms with E-state index in [0.717, 1.165) is 21.5 Å². The van der Waals surface area contributed by atoms with E-state index >= 15 is 0 Å². The van der Waals surface area contributed by atoms with Gasteiger partial charge in [0.1, 0.15) is 10.6 Å². The third kappa shape index (κ3) is 5.12. The third-order valence-electron chi connectivity index (χ3n) is 5.14. The molecule has 0 saturated carbocycles. The molecular weight excluding hydrogens is 439 g/mol. The topological polar surface area (TPSA) is 76.0 Å². The van der Waals surface area contributed by atoms with Crippen LogP contribution in [0.15, 0.2) is 54.6 Å². The van der Waals surface area contributed by atoms with Crippen LogP contribution in [0.25, 0.3) is 10.2 Å². The molecule has 2 aromatic heterocycles. The number of amides is 2. The summed E-state index contributed by atoms with van der Waals surface area (Å²) in [4.78, 5) is 26.6. The first-order chi connectivity index (χ1) is 15.6. The van der Waals surface area contributed by atoms with Crippen molar-refractivity contribution in [2.45, 2.75) is 34.2 Å². The normalized spacial score (nSPS) is 11.5. The molecule has 0 radical (unpaired) electrons. The smallest absolute Gasteiger partial charge is 0.265 e. The fourth-order valence-corrected chi connectivity index (χ4v) is 4.34.